The van der Waals surface area contributed by atoms with Crippen molar-refractivity contribution in [3.63, 3.8) is 0 Å². The number of piperidine rings is 1. The maximum absolute atomic E-state index is 12.4. The Bertz CT molecular complexity index is 777. The smallest absolute Gasteiger partial charge is 0.344 e. The first-order valence-corrected chi connectivity index (χ1v) is 8.90. The lowest BCUT2D eigenvalue weighted by atomic mass is 9.94. The monoisotopic (exact) mass is 399 g/mol. The van der Waals surface area contributed by atoms with Gasteiger partial charge in [-0.2, -0.15) is 18.4 Å². The van der Waals surface area contributed by atoms with Gasteiger partial charge in [0.1, 0.15) is 17.3 Å². The summed E-state index contributed by atoms with van der Waals surface area (Å²) in [6, 6.07) is 1.22. The zero-order valence-corrected chi connectivity index (χ0v) is 14.7. The molecule has 1 saturated heterocycles. The van der Waals surface area contributed by atoms with Gasteiger partial charge in [0.15, 0.2) is 0 Å². The summed E-state index contributed by atoms with van der Waals surface area (Å²) in [6.07, 6.45) is 2.65. The van der Waals surface area contributed by atoms with E-state index in [9.17, 15) is 18.0 Å². The van der Waals surface area contributed by atoms with Crippen molar-refractivity contribution in [3.05, 3.63) is 23.3 Å². The highest BCUT2D eigenvalue weighted by molar-refractivity contribution is 7.16. The molecule has 3 N–H and O–H groups in total. The molecule has 12 heteroatoms. The van der Waals surface area contributed by atoms with Crippen LogP contribution < -0.4 is 16.1 Å². The molecule has 0 saturated carbocycles. The molecule has 8 nitrogen and oxygen atoms in total. The number of aliphatic imine (C=N–C) groups is 1. The van der Waals surface area contributed by atoms with Crippen LogP contribution in [-0.2, 0) is 4.79 Å². The van der Waals surface area contributed by atoms with Crippen LogP contribution in [0.4, 0.5) is 18.3 Å². The largest absolute Gasteiger partial charge is 0.471 e. The first-order valence-electron chi connectivity index (χ1n) is 8.09. The Balaban J connectivity index is 1.57. The quantitative estimate of drug-likeness (QED) is 0.706. The van der Waals surface area contributed by atoms with Crippen LogP contribution in [0.1, 0.15) is 17.7 Å². The van der Waals surface area contributed by atoms with Crippen LogP contribution in [0.2, 0.25) is 0 Å². The van der Waals surface area contributed by atoms with Crippen molar-refractivity contribution in [2.75, 3.05) is 12.0 Å². The third-order valence-corrected chi connectivity index (χ3v) is 4.99. The summed E-state index contributed by atoms with van der Waals surface area (Å²) >= 11 is 1.20. The molecule has 0 aliphatic carbocycles. The van der Waals surface area contributed by atoms with Crippen molar-refractivity contribution in [2.45, 2.75) is 37.1 Å². The highest BCUT2D eigenvalue weighted by atomic mass is 32.1. The predicted octanol–water partition coefficient (Wildman–Crippen LogP) is 1.37. The zero-order valence-electron chi connectivity index (χ0n) is 13.9. The van der Waals surface area contributed by atoms with E-state index in [4.69, 9.17) is 5.26 Å². The van der Waals surface area contributed by atoms with Crippen molar-refractivity contribution >= 4 is 28.7 Å². The molecular weight excluding hydrogens is 383 g/mol. The molecule has 27 heavy (non-hydrogen) atoms. The molecule has 1 aromatic heterocycles. The summed E-state index contributed by atoms with van der Waals surface area (Å²) in [6.45, 7) is 0.234. The van der Waals surface area contributed by atoms with E-state index < -0.39 is 18.1 Å². The summed E-state index contributed by atoms with van der Waals surface area (Å²) in [5, 5.41) is 16.3. The van der Waals surface area contributed by atoms with Gasteiger partial charge in [-0.25, -0.2) is 9.98 Å². The second-order valence-corrected chi connectivity index (χ2v) is 7.05. The van der Waals surface area contributed by atoms with Gasteiger partial charge in [-0.3, -0.25) is 15.2 Å². The molecule has 1 aromatic rings. The van der Waals surface area contributed by atoms with Gasteiger partial charge < -0.3 is 10.6 Å². The summed E-state index contributed by atoms with van der Waals surface area (Å²) in [4.78, 5) is 19.7. The number of hydrogen-bond donors (Lipinski definition) is 3. The lowest BCUT2D eigenvalue weighted by molar-refractivity contribution is -0.174. The molecule has 0 radical (unpaired) electrons. The first-order chi connectivity index (χ1) is 12.9. The van der Waals surface area contributed by atoms with Crippen molar-refractivity contribution in [1.82, 2.24) is 20.6 Å². The van der Waals surface area contributed by atoms with E-state index in [1.165, 1.54) is 17.5 Å². The fraction of sp³-hybridized carbons (Fsp3) is 0.467. The average Bonchev–Trinajstić information content (AvgIpc) is 3.10. The molecule has 3 rings (SSSR count). The minimum Gasteiger partial charge on any atom is -0.344 e. The standard InChI is InChI=1S/C15H16F3N7OS/c16-15(17,18)13(26)23-9-1-2-11(21-6-9)12-3-4-20-8-25(12)24-14-22-7-10(5-19)27-14/h3-4,7-9,11-12,21H,1-2,6H2,(H,22,24)(H,23,26). The number of hydrogen-bond acceptors (Lipinski definition) is 8. The van der Waals surface area contributed by atoms with Gasteiger partial charge in [0, 0.05) is 24.8 Å². The fourth-order valence-electron chi connectivity index (χ4n) is 2.90. The van der Waals surface area contributed by atoms with Gasteiger partial charge >= 0.3 is 12.1 Å². The fourth-order valence-corrected chi connectivity index (χ4v) is 3.51. The van der Waals surface area contributed by atoms with Gasteiger partial charge in [-0.15, -0.1) is 0 Å². The molecule has 3 heterocycles. The molecule has 2 aliphatic heterocycles. The van der Waals surface area contributed by atoms with Crippen molar-refractivity contribution < 1.29 is 18.0 Å². The maximum atomic E-state index is 12.4. The number of hydrazine groups is 1. The number of nitrogens with one attached hydrogen (secondary N) is 3. The highest BCUT2D eigenvalue weighted by Crippen LogP contribution is 2.22. The third kappa shape index (κ3) is 4.75. The zero-order chi connectivity index (χ0) is 19.4. The molecule has 0 spiro atoms. The lowest BCUT2D eigenvalue weighted by Crippen LogP contribution is -2.58. The van der Waals surface area contributed by atoms with E-state index >= 15 is 0 Å². The number of halogens is 3. The molecule has 0 aromatic carbocycles. The number of nitriles is 1. The molecule has 144 valence electrons. The Morgan fingerprint density at radius 1 is 1.44 bits per heavy atom. The molecule has 3 atom stereocenters. The first kappa shape index (κ1) is 19.1. The SMILES string of the molecule is N#Cc1cnc(NN2C=NC=CC2C2CCC(NC(=O)C(F)(F)F)CN2)s1. The average molecular weight is 399 g/mol. The number of nitrogens with zero attached hydrogens (tertiary/aromatic N) is 4. The Morgan fingerprint density at radius 3 is 2.89 bits per heavy atom. The van der Waals surface area contributed by atoms with Crippen LogP contribution in [0, 0.1) is 11.3 Å². The molecule has 3 unspecified atom stereocenters. The van der Waals surface area contributed by atoms with E-state index in [0.29, 0.717) is 22.9 Å². The number of aromatic nitrogens is 1. The van der Waals surface area contributed by atoms with E-state index in [0.717, 1.165) is 0 Å². The van der Waals surface area contributed by atoms with Crippen LogP contribution >= 0.6 is 11.3 Å². The van der Waals surface area contributed by atoms with Gasteiger partial charge in [0.2, 0.25) is 5.13 Å². The summed E-state index contributed by atoms with van der Waals surface area (Å²) in [7, 11) is 0. The number of amides is 1. The van der Waals surface area contributed by atoms with Crippen LogP contribution in [0.15, 0.2) is 23.5 Å². The Hall–Kier alpha value is -2.65. The van der Waals surface area contributed by atoms with Crippen LogP contribution in [0.3, 0.4) is 0 Å². The van der Waals surface area contributed by atoms with E-state index in [1.807, 2.05) is 17.5 Å². The normalized spacial score (nSPS) is 25.1. The number of thiazole rings is 1. The Labute approximate surface area is 156 Å². The van der Waals surface area contributed by atoms with Gasteiger partial charge in [-0.1, -0.05) is 11.3 Å². The number of carbonyl (C=O) groups is 1. The summed E-state index contributed by atoms with van der Waals surface area (Å²) in [5.41, 5.74) is 3.08. The number of rotatable bonds is 4. The van der Waals surface area contributed by atoms with Crippen LogP contribution in [0.25, 0.3) is 0 Å². The van der Waals surface area contributed by atoms with Gasteiger partial charge in [0.05, 0.1) is 12.2 Å². The van der Waals surface area contributed by atoms with Crippen molar-refractivity contribution in [3.8, 4) is 6.07 Å². The Kier molecular flexibility index (Phi) is 5.62. The summed E-state index contributed by atoms with van der Waals surface area (Å²) in [5.74, 6) is -1.92. The van der Waals surface area contributed by atoms with Gasteiger partial charge in [0.25, 0.3) is 0 Å². The second kappa shape index (κ2) is 7.93. The molecular formula is C15H16F3N7OS. The summed E-state index contributed by atoms with van der Waals surface area (Å²) < 4.78 is 37.1. The lowest BCUT2D eigenvalue weighted by Gasteiger charge is -2.39. The Morgan fingerprint density at radius 2 is 2.26 bits per heavy atom. The highest BCUT2D eigenvalue weighted by Gasteiger charge is 2.40. The minimum atomic E-state index is -4.88. The number of alkyl halides is 3. The molecule has 2 aliphatic rings. The van der Waals surface area contributed by atoms with E-state index in [2.05, 4.69) is 20.7 Å². The van der Waals surface area contributed by atoms with Crippen molar-refractivity contribution in [1.29, 1.82) is 5.26 Å². The van der Waals surface area contributed by atoms with Gasteiger partial charge in [-0.05, 0) is 18.9 Å². The molecule has 1 fully saturated rings. The maximum Gasteiger partial charge on any atom is 0.471 e. The second-order valence-electron chi connectivity index (χ2n) is 6.02. The third-order valence-electron chi connectivity index (χ3n) is 4.18. The van der Waals surface area contributed by atoms with Crippen LogP contribution in [-0.4, -0.2) is 53.1 Å². The van der Waals surface area contributed by atoms with E-state index in [1.54, 1.807) is 17.5 Å². The minimum absolute atomic E-state index is 0.0602. The predicted molar refractivity (Wildman–Crippen MR) is 92.7 cm³/mol. The van der Waals surface area contributed by atoms with Crippen LogP contribution in [0.5, 0.6) is 0 Å². The molecule has 0 bridgehead atoms. The van der Waals surface area contributed by atoms with Crippen molar-refractivity contribution in [2.24, 2.45) is 4.99 Å². The number of anilines is 1. The number of carbonyl (C=O) groups excluding carboxylic acids is 1. The molecule has 1 amide bonds. The topological polar surface area (TPSA) is 105 Å². The van der Waals surface area contributed by atoms with E-state index in [-0.39, 0.29) is 18.6 Å².